The van der Waals surface area contributed by atoms with Gasteiger partial charge in [0, 0.05) is 12.1 Å². The van der Waals surface area contributed by atoms with Crippen LogP contribution >= 0.6 is 0 Å². The highest BCUT2D eigenvalue weighted by Gasteiger charge is 2.11. The lowest BCUT2D eigenvalue weighted by molar-refractivity contribution is 0.417. The van der Waals surface area contributed by atoms with Gasteiger partial charge in [-0.2, -0.15) is 0 Å². The molecule has 20 heavy (non-hydrogen) atoms. The molecule has 5 heteroatoms. The summed E-state index contributed by atoms with van der Waals surface area (Å²) >= 11 is 0. The van der Waals surface area contributed by atoms with E-state index in [9.17, 15) is 8.78 Å². The summed E-state index contributed by atoms with van der Waals surface area (Å²) in [6.07, 6.45) is 1.05. The Hall–Kier alpha value is -2.01. The number of rotatable bonds is 5. The second kappa shape index (κ2) is 6.43. The fraction of sp³-hybridized carbons (Fsp3) is 0.267. The van der Waals surface area contributed by atoms with E-state index in [0.29, 0.717) is 12.1 Å². The minimum Gasteiger partial charge on any atom is -0.436 e. The van der Waals surface area contributed by atoms with E-state index in [4.69, 9.17) is 4.74 Å². The number of halogens is 2. The van der Waals surface area contributed by atoms with Crippen LogP contribution in [0.1, 0.15) is 18.1 Å². The van der Waals surface area contributed by atoms with E-state index < -0.39 is 11.6 Å². The molecule has 0 aliphatic rings. The molecule has 2 aromatic rings. The van der Waals surface area contributed by atoms with E-state index in [2.05, 4.69) is 10.3 Å². The zero-order valence-electron chi connectivity index (χ0n) is 11.4. The lowest BCUT2D eigenvalue weighted by Crippen LogP contribution is -2.13. The van der Waals surface area contributed by atoms with Gasteiger partial charge in [-0.05, 0) is 37.2 Å². The topological polar surface area (TPSA) is 34.2 Å². The molecule has 0 fully saturated rings. The number of ether oxygens (including phenoxy) is 1. The lowest BCUT2D eigenvalue weighted by Gasteiger charge is -2.11. The number of benzene rings is 1. The van der Waals surface area contributed by atoms with E-state index in [1.807, 2.05) is 13.8 Å². The first-order chi connectivity index (χ1) is 9.60. The molecule has 0 atom stereocenters. The molecule has 106 valence electrons. The van der Waals surface area contributed by atoms with E-state index in [0.717, 1.165) is 18.3 Å². The molecule has 0 amide bonds. The number of hydrogen-bond donors (Lipinski definition) is 1. The second-order valence-electron chi connectivity index (χ2n) is 4.43. The van der Waals surface area contributed by atoms with Crippen LogP contribution in [0.15, 0.2) is 30.5 Å². The van der Waals surface area contributed by atoms with Crippen molar-refractivity contribution in [3.05, 3.63) is 53.2 Å². The molecule has 0 aliphatic heterocycles. The quantitative estimate of drug-likeness (QED) is 0.908. The van der Waals surface area contributed by atoms with Crippen LogP contribution in [0.2, 0.25) is 0 Å². The highest BCUT2D eigenvalue weighted by molar-refractivity contribution is 5.35. The Kier molecular flexibility index (Phi) is 4.63. The predicted octanol–water partition coefficient (Wildman–Crippen LogP) is 3.57. The Morgan fingerprint density at radius 3 is 2.80 bits per heavy atom. The van der Waals surface area contributed by atoms with Crippen LogP contribution in [0.3, 0.4) is 0 Å². The molecule has 1 aromatic carbocycles. The SMILES string of the molecule is CCNCc1cc(F)cnc1Oc1cc(C)ccc1F. The predicted molar refractivity (Wildman–Crippen MR) is 72.8 cm³/mol. The van der Waals surface area contributed by atoms with Gasteiger partial charge in [0.25, 0.3) is 0 Å². The molecule has 1 N–H and O–H groups in total. The molecule has 0 saturated heterocycles. The summed E-state index contributed by atoms with van der Waals surface area (Å²) in [6, 6.07) is 5.90. The van der Waals surface area contributed by atoms with Crippen LogP contribution in [0.5, 0.6) is 11.6 Å². The molecule has 1 aromatic heterocycles. The Labute approximate surface area is 116 Å². The largest absolute Gasteiger partial charge is 0.436 e. The zero-order chi connectivity index (χ0) is 14.5. The second-order valence-corrected chi connectivity index (χ2v) is 4.43. The fourth-order valence-corrected chi connectivity index (χ4v) is 1.74. The van der Waals surface area contributed by atoms with Crippen LogP contribution in [-0.4, -0.2) is 11.5 Å². The summed E-state index contributed by atoms with van der Waals surface area (Å²) in [5.41, 5.74) is 1.42. The van der Waals surface area contributed by atoms with Crippen molar-refractivity contribution in [2.45, 2.75) is 20.4 Å². The Morgan fingerprint density at radius 1 is 1.25 bits per heavy atom. The molecule has 3 nitrogen and oxygen atoms in total. The summed E-state index contributed by atoms with van der Waals surface area (Å²) in [5.74, 6) is -0.634. The average Bonchev–Trinajstić information content (AvgIpc) is 2.43. The van der Waals surface area contributed by atoms with Gasteiger partial charge in [-0.1, -0.05) is 13.0 Å². The summed E-state index contributed by atoms with van der Waals surface area (Å²) in [4.78, 5) is 3.89. The number of nitrogens with one attached hydrogen (secondary N) is 1. The van der Waals surface area contributed by atoms with Crippen molar-refractivity contribution in [2.75, 3.05) is 6.54 Å². The van der Waals surface area contributed by atoms with Crippen LogP contribution in [0, 0.1) is 18.6 Å². The Morgan fingerprint density at radius 2 is 2.05 bits per heavy atom. The fourth-order valence-electron chi connectivity index (χ4n) is 1.74. The molecular weight excluding hydrogens is 262 g/mol. The van der Waals surface area contributed by atoms with Crippen molar-refractivity contribution >= 4 is 0 Å². The van der Waals surface area contributed by atoms with Gasteiger partial charge in [-0.15, -0.1) is 0 Å². The van der Waals surface area contributed by atoms with Gasteiger partial charge < -0.3 is 10.1 Å². The van der Waals surface area contributed by atoms with E-state index in [1.165, 1.54) is 12.1 Å². The zero-order valence-corrected chi connectivity index (χ0v) is 11.4. The Bertz CT molecular complexity index is 602. The third-order valence-corrected chi connectivity index (χ3v) is 2.75. The monoisotopic (exact) mass is 278 g/mol. The number of pyridine rings is 1. The van der Waals surface area contributed by atoms with Crippen LogP contribution < -0.4 is 10.1 Å². The van der Waals surface area contributed by atoms with Crippen molar-refractivity contribution < 1.29 is 13.5 Å². The van der Waals surface area contributed by atoms with Gasteiger partial charge >= 0.3 is 0 Å². The van der Waals surface area contributed by atoms with Crippen molar-refractivity contribution in [3.63, 3.8) is 0 Å². The standard InChI is InChI=1S/C15H16F2N2O/c1-3-18-8-11-7-12(16)9-19-15(11)20-14-6-10(2)4-5-13(14)17/h4-7,9,18H,3,8H2,1-2H3. The first-order valence-electron chi connectivity index (χ1n) is 6.39. The maximum absolute atomic E-state index is 13.7. The molecule has 0 spiro atoms. The molecule has 2 rings (SSSR count). The van der Waals surface area contributed by atoms with Gasteiger partial charge in [0.2, 0.25) is 5.88 Å². The first-order valence-corrected chi connectivity index (χ1v) is 6.39. The number of hydrogen-bond acceptors (Lipinski definition) is 3. The highest BCUT2D eigenvalue weighted by Crippen LogP contribution is 2.26. The van der Waals surface area contributed by atoms with Crippen molar-refractivity contribution in [1.82, 2.24) is 10.3 Å². The van der Waals surface area contributed by atoms with Crippen molar-refractivity contribution in [3.8, 4) is 11.6 Å². The first kappa shape index (κ1) is 14.4. The highest BCUT2D eigenvalue weighted by atomic mass is 19.1. The number of aromatic nitrogens is 1. The third kappa shape index (κ3) is 3.51. The van der Waals surface area contributed by atoms with Gasteiger partial charge in [0.15, 0.2) is 11.6 Å². The maximum Gasteiger partial charge on any atom is 0.224 e. The van der Waals surface area contributed by atoms with Crippen LogP contribution in [-0.2, 0) is 6.54 Å². The van der Waals surface area contributed by atoms with Crippen molar-refractivity contribution in [1.29, 1.82) is 0 Å². The number of nitrogens with zero attached hydrogens (tertiary/aromatic N) is 1. The van der Waals surface area contributed by atoms with Gasteiger partial charge in [0.05, 0.1) is 6.20 Å². The maximum atomic E-state index is 13.7. The summed E-state index contributed by atoms with van der Waals surface area (Å²) < 4.78 is 32.4. The average molecular weight is 278 g/mol. The smallest absolute Gasteiger partial charge is 0.224 e. The lowest BCUT2D eigenvalue weighted by atomic mass is 10.2. The molecule has 0 saturated carbocycles. The minimum absolute atomic E-state index is 0.0851. The molecule has 1 heterocycles. The minimum atomic E-state index is -0.476. The normalized spacial score (nSPS) is 10.6. The van der Waals surface area contributed by atoms with Gasteiger partial charge in [-0.3, -0.25) is 0 Å². The van der Waals surface area contributed by atoms with Crippen LogP contribution in [0.4, 0.5) is 8.78 Å². The molecular formula is C15H16F2N2O. The summed E-state index contributed by atoms with van der Waals surface area (Å²) in [5, 5.41) is 3.06. The third-order valence-electron chi connectivity index (χ3n) is 2.75. The molecule has 0 unspecified atom stereocenters. The summed E-state index contributed by atoms with van der Waals surface area (Å²) in [6.45, 7) is 4.91. The van der Waals surface area contributed by atoms with Gasteiger partial charge in [-0.25, -0.2) is 13.8 Å². The molecule has 0 bridgehead atoms. The van der Waals surface area contributed by atoms with E-state index in [1.54, 1.807) is 12.1 Å². The Balaban J connectivity index is 2.30. The van der Waals surface area contributed by atoms with E-state index >= 15 is 0 Å². The summed E-state index contributed by atoms with van der Waals surface area (Å²) in [7, 11) is 0. The number of aryl methyl sites for hydroxylation is 1. The van der Waals surface area contributed by atoms with Gasteiger partial charge in [0.1, 0.15) is 5.82 Å². The molecule has 0 radical (unpaired) electrons. The molecule has 0 aliphatic carbocycles. The van der Waals surface area contributed by atoms with Crippen LogP contribution in [0.25, 0.3) is 0 Å². The van der Waals surface area contributed by atoms with Crippen molar-refractivity contribution in [2.24, 2.45) is 0 Å². The van der Waals surface area contributed by atoms with E-state index in [-0.39, 0.29) is 11.6 Å².